The van der Waals surface area contributed by atoms with Crippen LogP contribution in [0.4, 0.5) is 0 Å². The van der Waals surface area contributed by atoms with Crippen molar-refractivity contribution in [3.8, 4) is 0 Å². The second kappa shape index (κ2) is 10.8. The Labute approximate surface area is 132 Å². The molecule has 0 aromatic heterocycles. The third kappa shape index (κ3) is 7.13. The first kappa shape index (κ1) is 18.2. The summed E-state index contributed by atoms with van der Waals surface area (Å²) >= 11 is 0. The van der Waals surface area contributed by atoms with Crippen molar-refractivity contribution in [3.05, 3.63) is 35.9 Å². The first-order valence-corrected chi connectivity index (χ1v) is 9.07. The van der Waals surface area contributed by atoms with Crippen LogP contribution in [0.15, 0.2) is 30.3 Å². The summed E-state index contributed by atoms with van der Waals surface area (Å²) in [6.45, 7) is 4.51. The molecule has 120 valence electrons. The molecule has 0 radical (unpaired) electrons. The van der Waals surface area contributed by atoms with E-state index in [1.165, 1.54) is 56.9 Å². The predicted octanol–water partition coefficient (Wildman–Crippen LogP) is 6.17. The SMILES string of the molecule is CCCCCCCCCCC(N)(CCC)c1ccccc1. The Morgan fingerprint density at radius 1 is 0.714 bits per heavy atom. The molecule has 0 fully saturated rings. The smallest absolute Gasteiger partial charge is 0.0409 e. The van der Waals surface area contributed by atoms with E-state index in [4.69, 9.17) is 5.73 Å². The van der Waals surface area contributed by atoms with Crippen LogP contribution in [0.5, 0.6) is 0 Å². The molecule has 0 heterocycles. The molecule has 1 heteroatoms. The summed E-state index contributed by atoms with van der Waals surface area (Å²) in [4.78, 5) is 0. The third-order valence-electron chi connectivity index (χ3n) is 4.52. The maximum Gasteiger partial charge on any atom is 0.0409 e. The minimum absolute atomic E-state index is 0.113. The van der Waals surface area contributed by atoms with Gasteiger partial charge < -0.3 is 5.73 Å². The van der Waals surface area contributed by atoms with Gasteiger partial charge in [0.15, 0.2) is 0 Å². The zero-order valence-electron chi connectivity index (χ0n) is 14.2. The van der Waals surface area contributed by atoms with Gasteiger partial charge in [-0.15, -0.1) is 0 Å². The largest absolute Gasteiger partial charge is 0.321 e. The van der Waals surface area contributed by atoms with Gasteiger partial charge in [-0.25, -0.2) is 0 Å². The lowest BCUT2D eigenvalue weighted by Crippen LogP contribution is -2.36. The molecule has 0 saturated heterocycles. The van der Waals surface area contributed by atoms with Gasteiger partial charge in [-0.2, -0.15) is 0 Å². The summed E-state index contributed by atoms with van der Waals surface area (Å²) in [5.74, 6) is 0. The Bertz CT molecular complexity index is 346. The molecule has 0 amide bonds. The van der Waals surface area contributed by atoms with E-state index in [1.54, 1.807) is 0 Å². The Morgan fingerprint density at radius 3 is 1.86 bits per heavy atom. The van der Waals surface area contributed by atoms with E-state index in [2.05, 4.69) is 44.2 Å². The fourth-order valence-electron chi connectivity index (χ4n) is 3.20. The molecule has 0 saturated carbocycles. The molecule has 0 spiro atoms. The normalized spacial score (nSPS) is 14.0. The molecule has 1 nitrogen and oxygen atoms in total. The van der Waals surface area contributed by atoms with Crippen molar-refractivity contribution in [2.75, 3.05) is 0 Å². The third-order valence-corrected chi connectivity index (χ3v) is 4.52. The molecular weight excluding hydrogens is 254 g/mol. The van der Waals surface area contributed by atoms with E-state index in [9.17, 15) is 0 Å². The minimum Gasteiger partial charge on any atom is -0.321 e. The lowest BCUT2D eigenvalue weighted by molar-refractivity contribution is 0.355. The molecule has 0 aliphatic carbocycles. The molecule has 0 bridgehead atoms. The number of benzene rings is 1. The zero-order chi connectivity index (χ0) is 15.4. The van der Waals surface area contributed by atoms with Gasteiger partial charge >= 0.3 is 0 Å². The summed E-state index contributed by atoms with van der Waals surface area (Å²) in [5.41, 5.74) is 7.91. The van der Waals surface area contributed by atoms with Gasteiger partial charge in [-0.05, 0) is 18.4 Å². The van der Waals surface area contributed by atoms with Crippen LogP contribution in [0, 0.1) is 0 Å². The lowest BCUT2D eigenvalue weighted by Gasteiger charge is -2.30. The van der Waals surface area contributed by atoms with E-state index in [1.807, 2.05) is 0 Å². The first-order valence-electron chi connectivity index (χ1n) is 9.07. The Kier molecular flexibility index (Phi) is 9.41. The van der Waals surface area contributed by atoms with Crippen LogP contribution in [0.2, 0.25) is 0 Å². The number of hydrogen-bond donors (Lipinski definition) is 1. The summed E-state index contributed by atoms with van der Waals surface area (Å²) in [6, 6.07) is 10.7. The number of unbranched alkanes of at least 4 members (excludes halogenated alkanes) is 7. The van der Waals surface area contributed by atoms with Gasteiger partial charge in [0.25, 0.3) is 0 Å². The van der Waals surface area contributed by atoms with Crippen LogP contribution < -0.4 is 5.73 Å². The van der Waals surface area contributed by atoms with Crippen LogP contribution >= 0.6 is 0 Å². The van der Waals surface area contributed by atoms with E-state index in [0.717, 1.165) is 19.3 Å². The fraction of sp³-hybridized carbons (Fsp3) is 0.700. The highest BCUT2D eigenvalue weighted by Crippen LogP contribution is 2.29. The average Bonchev–Trinajstić information content (AvgIpc) is 2.51. The van der Waals surface area contributed by atoms with Crippen molar-refractivity contribution in [2.24, 2.45) is 5.73 Å². The standard InChI is InChI=1S/C20H35N/c1-3-5-6-7-8-9-10-14-18-20(21,17-4-2)19-15-12-11-13-16-19/h11-13,15-16H,3-10,14,17-18,21H2,1-2H3. The number of hydrogen-bond acceptors (Lipinski definition) is 1. The highest BCUT2D eigenvalue weighted by atomic mass is 14.7. The monoisotopic (exact) mass is 289 g/mol. The van der Waals surface area contributed by atoms with Gasteiger partial charge in [-0.1, -0.05) is 102 Å². The first-order chi connectivity index (χ1) is 10.2. The van der Waals surface area contributed by atoms with Crippen LogP contribution in [0.3, 0.4) is 0 Å². The second-order valence-electron chi connectivity index (χ2n) is 6.50. The van der Waals surface area contributed by atoms with Crippen molar-refractivity contribution in [3.63, 3.8) is 0 Å². The number of nitrogens with two attached hydrogens (primary N) is 1. The molecule has 2 N–H and O–H groups in total. The molecule has 1 unspecified atom stereocenters. The highest BCUT2D eigenvalue weighted by molar-refractivity contribution is 5.23. The maximum atomic E-state index is 6.71. The number of rotatable bonds is 12. The van der Waals surface area contributed by atoms with Crippen molar-refractivity contribution in [1.82, 2.24) is 0 Å². The van der Waals surface area contributed by atoms with E-state index >= 15 is 0 Å². The quantitative estimate of drug-likeness (QED) is 0.457. The molecule has 0 aliphatic rings. The Morgan fingerprint density at radius 2 is 1.29 bits per heavy atom. The highest BCUT2D eigenvalue weighted by Gasteiger charge is 2.25. The van der Waals surface area contributed by atoms with Gasteiger partial charge in [0, 0.05) is 5.54 Å². The van der Waals surface area contributed by atoms with E-state index < -0.39 is 0 Å². The molecule has 21 heavy (non-hydrogen) atoms. The topological polar surface area (TPSA) is 26.0 Å². The Hall–Kier alpha value is -0.820. The summed E-state index contributed by atoms with van der Waals surface area (Å²) in [5, 5.41) is 0. The minimum atomic E-state index is -0.113. The maximum absolute atomic E-state index is 6.71. The molecule has 0 aliphatic heterocycles. The summed E-state index contributed by atoms with van der Waals surface area (Å²) in [7, 11) is 0. The van der Waals surface area contributed by atoms with Crippen LogP contribution in [-0.4, -0.2) is 0 Å². The fourth-order valence-corrected chi connectivity index (χ4v) is 3.20. The van der Waals surface area contributed by atoms with Crippen molar-refractivity contribution in [2.45, 2.75) is 90.0 Å². The van der Waals surface area contributed by atoms with Crippen LogP contribution in [0.1, 0.15) is 90.0 Å². The summed E-state index contributed by atoms with van der Waals surface area (Å²) < 4.78 is 0. The van der Waals surface area contributed by atoms with E-state index in [-0.39, 0.29) is 5.54 Å². The van der Waals surface area contributed by atoms with Gasteiger partial charge in [-0.3, -0.25) is 0 Å². The summed E-state index contributed by atoms with van der Waals surface area (Å²) in [6.07, 6.45) is 14.3. The van der Waals surface area contributed by atoms with Gasteiger partial charge in [0.1, 0.15) is 0 Å². The van der Waals surface area contributed by atoms with Gasteiger partial charge in [0.2, 0.25) is 0 Å². The Balaban J connectivity index is 2.29. The lowest BCUT2D eigenvalue weighted by atomic mass is 9.82. The molecule has 1 rings (SSSR count). The van der Waals surface area contributed by atoms with Crippen LogP contribution in [-0.2, 0) is 5.54 Å². The van der Waals surface area contributed by atoms with Crippen molar-refractivity contribution in [1.29, 1.82) is 0 Å². The molecule has 1 atom stereocenters. The predicted molar refractivity (Wildman–Crippen MR) is 94.4 cm³/mol. The second-order valence-corrected chi connectivity index (χ2v) is 6.50. The molecule has 1 aromatic rings. The van der Waals surface area contributed by atoms with Gasteiger partial charge in [0.05, 0.1) is 0 Å². The molecule has 1 aromatic carbocycles. The zero-order valence-corrected chi connectivity index (χ0v) is 14.2. The van der Waals surface area contributed by atoms with E-state index in [0.29, 0.717) is 0 Å². The van der Waals surface area contributed by atoms with Crippen molar-refractivity contribution < 1.29 is 0 Å². The van der Waals surface area contributed by atoms with Crippen LogP contribution in [0.25, 0.3) is 0 Å². The molecular formula is C20H35N. The average molecular weight is 290 g/mol. The van der Waals surface area contributed by atoms with Crippen molar-refractivity contribution >= 4 is 0 Å².